The van der Waals surface area contributed by atoms with Crippen LogP contribution in [0.4, 0.5) is 25.0 Å². The Balaban J connectivity index is 1.58. The number of halogens is 3. The van der Waals surface area contributed by atoms with E-state index >= 15 is 0 Å². The number of benzene rings is 2. The van der Waals surface area contributed by atoms with E-state index in [2.05, 4.69) is 5.32 Å². The SMILES string of the molecule is O=C(Nc1ccc(F)c(Cl)c1)N1CCN(c2cccc(F)c2)CC1. The molecule has 4 nitrogen and oxygen atoms in total. The maximum absolute atomic E-state index is 13.3. The van der Waals surface area contributed by atoms with Gasteiger partial charge in [-0.2, -0.15) is 0 Å². The van der Waals surface area contributed by atoms with Gasteiger partial charge in [0.25, 0.3) is 0 Å². The number of anilines is 2. The molecule has 2 aromatic carbocycles. The van der Waals surface area contributed by atoms with E-state index in [-0.39, 0.29) is 16.9 Å². The van der Waals surface area contributed by atoms with Gasteiger partial charge in [-0.1, -0.05) is 17.7 Å². The molecule has 0 unspecified atom stereocenters. The maximum Gasteiger partial charge on any atom is 0.321 e. The monoisotopic (exact) mass is 351 g/mol. The third-order valence-electron chi connectivity index (χ3n) is 3.91. The summed E-state index contributed by atoms with van der Waals surface area (Å²) >= 11 is 5.71. The Morgan fingerprint density at radius 1 is 1.04 bits per heavy atom. The van der Waals surface area contributed by atoms with Crippen molar-refractivity contribution in [2.45, 2.75) is 0 Å². The van der Waals surface area contributed by atoms with Crippen LogP contribution in [0.3, 0.4) is 0 Å². The fourth-order valence-electron chi connectivity index (χ4n) is 2.62. The Kier molecular flexibility index (Phi) is 4.85. The minimum Gasteiger partial charge on any atom is -0.368 e. The minimum absolute atomic E-state index is 0.0382. The van der Waals surface area contributed by atoms with Gasteiger partial charge in [-0.05, 0) is 36.4 Å². The third kappa shape index (κ3) is 3.76. The van der Waals surface area contributed by atoms with Crippen molar-refractivity contribution < 1.29 is 13.6 Å². The van der Waals surface area contributed by atoms with Crippen LogP contribution in [0.2, 0.25) is 5.02 Å². The molecule has 1 N–H and O–H groups in total. The molecule has 24 heavy (non-hydrogen) atoms. The van der Waals surface area contributed by atoms with Crippen molar-refractivity contribution in [2.75, 3.05) is 36.4 Å². The van der Waals surface area contributed by atoms with Gasteiger partial charge in [-0.25, -0.2) is 13.6 Å². The second-order valence-corrected chi connectivity index (χ2v) is 5.92. The highest BCUT2D eigenvalue weighted by Gasteiger charge is 2.21. The first kappa shape index (κ1) is 16.5. The van der Waals surface area contributed by atoms with Gasteiger partial charge in [0.2, 0.25) is 0 Å². The Hall–Kier alpha value is -2.34. The highest BCUT2D eigenvalue weighted by Crippen LogP contribution is 2.21. The average Bonchev–Trinajstić information content (AvgIpc) is 2.58. The lowest BCUT2D eigenvalue weighted by atomic mass is 10.2. The lowest BCUT2D eigenvalue weighted by Gasteiger charge is -2.36. The molecule has 1 aliphatic rings. The number of carbonyl (C=O) groups is 1. The van der Waals surface area contributed by atoms with Crippen LogP contribution < -0.4 is 10.2 Å². The van der Waals surface area contributed by atoms with E-state index < -0.39 is 5.82 Å². The lowest BCUT2D eigenvalue weighted by molar-refractivity contribution is 0.208. The first-order chi connectivity index (χ1) is 11.5. The van der Waals surface area contributed by atoms with Gasteiger partial charge in [0, 0.05) is 37.6 Å². The highest BCUT2D eigenvalue weighted by molar-refractivity contribution is 6.31. The summed E-state index contributed by atoms with van der Waals surface area (Å²) < 4.78 is 26.4. The zero-order valence-corrected chi connectivity index (χ0v) is 13.6. The first-order valence-corrected chi connectivity index (χ1v) is 7.92. The molecular formula is C17H16ClF2N3O. The number of hydrogen-bond acceptors (Lipinski definition) is 2. The van der Waals surface area contributed by atoms with Crippen LogP contribution in [-0.2, 0) is 0 Å². The van der Waals surface area contributed by atoms with E-state index in [9.17, 15) is 13.6 Å². The van der Waals surface area contributed by atoms with Crippen LogP contribution in [0.15, 0.2) is 42.5 Å². The molecule has 1 aliphatic heterocycles. The largest absolute Gasteiger partial charge is 0.368 e. The zero-order chi connectivity index (χ0) is 17.1. The fraction of sp³-hybridized carbons (Fsp3) is 0.235. The van der Waals surface area contributed by atoms with Gasteiger partial charge in [-0.15, -0.1) is 0 Å². The van der Waals surface area contributed by atoms with Gasteiger partial charge in [0.05, 0.1) is 5.02 Å². The Morgan fingerprint density at radius 3 is 2.46 bits per heavy atom. The summed E-state index contributed by atoms with van der Waals surface area (Å²) in [7, 11) is 0. The summed E-state index contributed by atoms with van der Waals surface area (Å²) in [5.74, 6) is -0.806. The van der Waals surface area contributed by atoms with Crippen LogP contribution in [0.5, 0.6) is 0 Å². The molecule has 0 saturated carbocycles. The number of nitrogens with zero attached hydrogens (tertiary/aromatic N) is 2. The number of piperazine rings is 1. The molecule has 1 saturated heterocycles. The summed E-state index contributed by atoms with van der Waals surface area (Å²) in [5.41, 5.74) is 1.25. The molecule has 0 radical (unpaired) electrons. The molecule has 0 spiro atoms. The topological polar surface area (TPSA) is 35.6 Å². The fourth-order valence-corrected chi connectivity index (χ4v) is 2.80. The number of amides is 2. The lowest BCUT2D eigenvalue weighted by Crippen LogP contribution is -2.50. The van der Waals surface area contributed by atoms with Gasteiger partial charge < -0.3 is 15.1 Å². The molecular weight excluding hydrogens is 336 g/mol. The Labute approximate surface area is 143 Å². The normalized spacial score (nSPS) is 14.6. The van der Waals surface area contributed by atoms with E-state index in [1.165, 1.54) is 30.3 Å². The van der Waals surface area contributed by atoms with E-state index in [4.69, 9.17) is 11.6 Å². The summed E-state index contributed by atoms with van der Waals surface area (Å²) in [6.45, 7) is 2.25. The summed E-state index contributed by atoms with van der Waals surface area (Å²) in [5, 5.41) is 2.66. The summed E-state index contributed by atoms with van der Waals surface area (Å²) in [6, 6.07) is 10.2. The number of carbonyl (C=O) groups excluding carboxylic acids is 1. The molecule has 0 aromatic heterocycles. The molecule has 1 heterocycles. The smallest absolute Gasteiger partial charge is 0.321 e. The van der Waals surface area contributed by atoms with Crippen molar-refractivity contribution in [3.8, 4) is 0 Å². The number of hydrogen-bond donors (Lipinski definition) is 1. The second-order valence-electron chi connectivity index (χ2n) is 5.51. The van der Waals surface area contributed by atoms with E-state index in [0.29, 0.717) is 31.9 Å². The molecule has 7 heteroatoms. The van der Waals surface area contributed by atoms with E-state index in [1.807, 2.05) is 11.0 Å². The predicted molar refractivity (Wildman–Crippen MR) is 90.6 cm³/mol. The van der Waals surface area contributed by atoms with Crippen molar-refractivity contribution in [3.05, 3.63) is 59.1 Å². The second kappa shape index (κ2) is 7.05. The maximum atomic E-state index is 13.3. The molecule has 0 aliphatic carbocycles. The third-order valence-corrected chi connectivity index (χ3v) is 4.20. The molecule has 126 valence electrons. The van der Waals surface area contributed by atoms with Crippen molar-refractivity contribution in [1.82, 2.24) is 4.90 Å². The van der Waals surface area contributed by atoms with Crippen molar-refractivity contribution in [3.63, 3.8) is 0 Å². The number of rotatable bonds is 2. The van der Waals surface area contributed by atoms with Gasteiger partial charge in [0.15, 0.2) is 0 Å². The highest BCUT2D eigenvalue weighted by atomic mass is 35.5. The van der Waals surface area contributed by atoms with Crippen LogP contribution in [0.1, 0.15) is 0 Å². The van der Waals surface area contributed by atoms with Crippen LogP contribution in [-0.4, -0.2) is 37.1 Å². The van der Waals surface area contributed by atoms with Crippen LogP contribution in [0, 0.1) is 11.6 Å². The summed E-state index contributed by atoms with van der Waals surface area (Å²) in [4.78, 5) is 15.9. The van der Waals surface area contributed by atoms with Crippen LogP contribution in [0.25, 0.3) is 0 Å². The van der Waals surface area contributed by atoms with Gasteiger partial charge in [-0.3, -0.25) is 0 Å². The first-order valence-electron chi connectivity index (χ1n) is 7.54. The van der Waals surface area contributed by atoms with Crippen molar-refractivity contribution >= 4 is 29.0 Å². The molecule has 0 bridgehead atoms. The van der Waals surface area contributed by atoms with Crippen LogP contribution >= 0.6 is 11.6 Å². The molecule has 2 amide bonds. The van der Waals surface area contributed by atoms with E-state index in [0.717, 1.165) is 5.69 Å². The standard InChI is InChI=1S/C17H16ClF2N3O/c18-15-11-13(4-5-16(15)20)21-17(24)23-8-6-22(7-9-23)14-3-1-2-12(19)10-14/h1-5,10-11H,6-9H2,(H,21,24). The molecule has 2 aromatic rings. The van der Waals surface area contributed by atoms with Crippen molar-refractivity contribution in [1.29, 1.82) is 0 Å². The number of urea groups is 1. The molecule has 0 atom stereocenters. The van der Waals surface area contributed by atoms with Gasteiger partial charge >= 0.3 is 6.03 Å². The molecule has 1 fully saturated rings. The molecule has 3 rings (SSSR count). The zero-order valence-electron chi connectivity index (χ0n) is 12.8. The summed E-state index contributed by atoms with van der Waals surface area (Å²) in [6.07, 6.45) is 0. The van der Waals surface area contributed by atoms with E-state index in [1.54, 1.807) is 11.0 Å². The quantitative estimate of drug-likeness (QED) is 0.888. The van der Waals surface area contributed by atoms with Gasteiger partial charge in [0.1, 0.15) is 11.6 Å². The van der Waals surface area contributed by atoms with Crippen molar-refractivity contribution in [2.24, 2.45) is 0 Å². The number of nitrogens with one attached hydrogen (secondary N) is 1. The Morgan fingerprint density at radius 2 is 1.79 bits per heavy atom. The Bertz CT molecular complexity index is 748. The minimum atomic E-state index is -0.529. The average molecular weight is 352 g/mol. The predicted octanol–water partition coefficient (Wildman–Crippen LogP) is 3.97.